The third-order valence-corrected chi connectivity index (χ3v) is 6.83. The highest BCUT2D eigenvalue weighted by Crippen LogP contribution is 2.22. The number of hydrogen-bond acceptors (Lipinski definition) is 4. The predicted molar refractivity (Wildman–Crippen MR) is 106 cm³/mol. The molecule has 0 saturated carbocycles. The van der Waals surface area contributed by atoms with Crippen LogP contribution in [-0.2, 0) is 20.6 Å². The van der Waals surface area contributed by atoms with Gasteiger partial charge in [0.2, 0.25) is 15.9 Å². The maximum atomic E-state index is 12.2. The second kappa shape index (κ2) is 8.84. The van der Waals surface area contributed by atoms with Crippen molar-refractivity contribution in [3.05, 3.63) is 58.6 Å². The van der Waals surface area contributed by atoms with Crippen molar-refractivity contribution < 1.29 is 13.2 Å². The Balaban J connectivity index is 1.92. The predicted octanol–water partition coefficient (Wildman–Crippen LogP) is 3.57. The van der Waals surface area contributed by atoms with Crippen molar-refractivity contribution in [2.75, 3.05) is 25.2 Å². The van der Waals surface area contributed by atoms with Gasteiger partial charge < -0.3 is 5.32 Å². The van der Waals surface area contributed by atoms with Crippen molar-refractivity contribution in [2.45, 2.75) is 10.6 Å². The van der Waals surface area contributed by atoms with E-state index in [1.54, 1.807) is 18.2 Å². The van der Waals surface area contributed by atoms with Crippen molar-refractivity contribution in [1.29, 1.82) is 0 Å². The number of rotatable bonds is 7. The maximum absolute atomic E-state index is 12.2. The summed E-state index contributed by atoms with van der Waals surface area (Å²) in [6.07, 6.45) is 0. The molecular weight excluding hydrogens is 424 g/mol. The van der Waals surface area contributed by atoms with Crippen LogP contribution in [0.4, 0.5) is 5.69 Å². The van der Waals surface area contributed by atoms with Crippen molar-refractivity contribution >= 4 is 49.3 Å². The van der Waals surface area contributed by atoms with Crippen molar-refractivity contribution in [1.82, 2.24) is 4.31 Å². The molecule has 0 bridgehead atoms. The summed E-state index contributed by atoms with van der Waals surface area (Å²) in [5.74, 6) is 0.737. The average molecular weight is 443 g/mol. The van der Waals surface area contributed by atoms with Crippen molar-refractivity contribution in [2.24, 2.45) is 0 Å². The lowest BCUT2D eigenvalue weighted by atomic mass is 10.2. The number of carbonyl (C=O) groups is 1. The fourth-order valence-electron chi connectivity index (χ4n) is 2.02. The van der Waals surface area contributed by atoms with Gasteiger partial charge in [-0.25, -0.2) is 12.7 Å². The van der Waals surface area contributed by atoms with E-state index >= 15 is 0 Å². The molecule has 0 aromatic heterocycles. The Labute approximate surface area is 161 Å². The summed E-state index contributed by atoms with van der Waals surface area (Å²) in [5, 5.41) is 2.84. The summed E-state index contributed by atoms with van der Waals surface area (Å²) >= 11 is 4.82. The zero-order valence-electron chi connectivity index (χ0n) is 13.9. The number of thioether (sulfide) groups is 1. The van der Waals surface area contributed by atoms with E-state index in [0.29, 0.717) is 5.75 Å². The fourth-order valence-corrected chi connectivity index (χ4v) is 4.15. The first-order valence-corrected chi connectivity index (χ1v) is 10.8. The van der Waals surface area contributed by atoms with Crippen LogP contribution in [0.5, 0.6) is 0 Å². The van der Waals surface area contributed by atoms with E-state index in [1.807, 2.05) is 30.3 Å². The number of halogens is 1. The highest BCUT2D eigenvalue weighted by atomic mass is 79.9. The van der Waals surface area contributed by atoms with Gasteiger partial charge in [0.05, 0.1) is 16.3 Å². The van der Waals surface area contributed by atoms with E-state index in [0.717, 1.165) is 15.7 Å². The van der Waals surface area contributed by atoms with Crippen LogP contribution in [0.25, 0.3) is 0 Å². The number of amides is 1. The van der Waals surface area contributed by atoms with Crippen LogP contribution in [0.3, 0.4) is 0 Å². The van der Waals surface area contributed by atoms with Gasteiger partial charge in [0.15, 0.2) is 0 Å². The van der Waals surface area contributed by atoms with E-state index in [2.05, 4.69) is 21.2 Å². The topological polar surface area (TPSA) is 66.5 Å². The van der Waals surface area contributed by atoms with Gasteiger partial charge in [-0.15, -0.1) is 11.8 Å². The zero-order chi connectivity index (χ0) is 18.4. The normalized spacial score (nSPS) is 11.5. The number of hydrogen-bond donors (Lipinski definition) is 1. The summed E-state index contributed by atoms with van der Waals surface area (Å²) in [4.78, 5) is 12.3. The standard InChI is InChI=1S/C17H19BrN2O3S2/c1-20(2)25(22,23)14-7-5-6-13(10-14)11-24-12-17(21)19-16-9-4-3-8-15(16)18/h3-10H,11-12H2,1-2H3,(H,19,21). The lowest BCUT2D eigenvalue weighted by Crippen LogP contribution is -2.22. The van der Waals surface area contributed by atoms with Crippen LogP contribution >= 0.6 is 27.7 Å². The molecule has 0 heterocycles. The number of nitrogens with one attached hydrogen (secondary N) is 1. The minimum atomic E-state index is -3.45. The van der Waals surface area contributed by atoms with E-state index < -0.39 is 10.0 Å². The minimum Gasteiger partial charge on any atom is -0.324 e. The third-order valence-electron chi connectivity index (χ3n) is 3.33. The number of anilines is 1. The van der Waals surface area contributed by atoms with Gasteiger partial charge in [0.1, 0.15) is 0 Å². The molecule has 0 aliphatic heterocycles. The number of benzene rings is 2. The Morgan fingerprint density at radius 3 is 2.56 bits per heavy atom. The highest BCUT2D eigenvalue weighted by molar-refractivity contribution is 9.10. The Bertz CT molecular complexity index is 854. The van der Waals surface area contributed by atoms with Crippen LogP contribution in [0.2, 0.25) is 0 Å². The second-order valence-electron chi connectivity index (χ2n) is 5.46. The summed E-state index contributed by atoms with van der Waals surface area (Å²) in [6.45, 7) is 0. The van der Waals surface area contributed by atoms with Crippen LogP contribution in [0, 0.1) is 0 Å². The summed E-state index contributed by atoms with van der Waals surface area (Å²) < 4.78 is 26.3. The molecule has 0 radical (unpaired) electrons. The number of carbonyl (C=O) groups excluding carboxylic acids is 1. The van der Waals surface area contributed by atoms with Crippen molar-refractivity contribution in [3.8, 4) is 0 Å². The molecule has 134 valence electrons. The largest absolute Gasteiger partial charge is 0.324 e. The van der Waals surface area contributed by atoms with Gasteiger partial charge in [0, 0.05) is 24.3 Å². The second-order valence-corrected chi connectivity index (χ2v) is 9.45. The Hall–Kier alpha value is -1.35. The molecule has 1 N–H and O–H groups in total. The highest BCUT2D eigenvalue weighted by Gasteiger charge is 2.17. The van der Waals surface area contributed by atoms with Gasteiger partial charge in [-0.05, 0) is 45.8 Å². The molecule has 0 aliphatic rings. The molecule has 2 aromatic carbocycles. The summed E-state index contributed by atoms with van der Waals surface area (Å²) in [6, 6.07) is 14.2. The van der Waals surface area contributed by atoms with Gasteiger partial charge in [0.25, 0.3) is 0 Å². The quantitative estimate of drug-likeness (QED) is 0.711. The molecule has 0 unspecified atom stereocenters. The van der Waals surface area contributed by atoms with Gasteiger partial charge in [-0.3, -0.25) is 4.79 Å². The third kappa shape index (κ3) is 5.57. The lowest BCUT2D eigenvalue weighted by molar-refractivity contribution is -0.113. The molecule has 0 atom stereocenters. The first-order valence-electron chi connectivity index (χ1n) is 7.44. The molecule has 2 aromatic rings. The van der Waals surface area contributed by atoms with E-state index in [-0.39, 0.29) is 16.6 Å². The zero-order valence-corrected chi connectivity index (χ0v) is 17.1. The molecule has 8 heteroatoms. The minimum absolute atomic E-state index is 0.103. The Morgan fingerprint density at radius 1 is 1.16 bits per heavy atom. The van der Waals surface area contributed by atoms with Gasteiger partial charge in [-0.2, -0.15) is 0 Å². The van der Waals surface area contributed by atoms with Gasteiger partial charge >= 0.3 is 0 Å². The van der Waals surface area contributed by atoms with Crippen LogP contribution in [-0.4, -0.2) is 38.5 Å². The lowest BCUT2D eigenvalue weighted by Gasteiger charge is -2.12. The smallest absolute Gasteiger partial charge is 0.242 e. The summed E-state index contributed by atoms with van der Waals surface area (Å²) in [5.41, 5.74) is 1.59. The molecule has 0 aliphatic carbocycles. The van der Waals surface area contributed by atoms with Crippen molar-refractivity contribution in [3.63, 3.8) is 0 Å². The number of para-hydroxylation sites is 1. The van der Waals surface area contributed by atoms with Crippen LogP contribution < -0.4 is 5.32 Å². The fraction of sp³-hybridized carbons (Fsp3) is 0.235. The molecule has 1 amide bonds. The molecule has 0 fully saturated rings. The SMILES string of the molecule is CN(C)S(=O)(=O)c1cccc(CSCC(=O)Nc2ccccc2Br)c1. The molecule has 0 spiro atoms. The first-order chi connectivity index (χ1) is 11.8. The monoisotopic (exact) mass is 442 g/mol. The summed E-state index contributed by atoms with van der Waals surface area (Å²) in [7, 11) is -0.441. The average Bonchev–Trinajstić information content (AvgIpc) is 2.57. The Morgan fingerprint density at radius 2 is 1.88 bits per heavy atom. The van der Waals surface area contributed by atoms with Crippen LogP contribution in [0.15, 0.2) is 57.9 Å². The molecule has 2 rings (SSSR count). The number of sulfonamides is 1. The van der Waals surface area contributed by atoms with Gasteiger partial charge in [-0.1, -0.05) is 24.3 Å². The number of nitrogens with zero attached hydrogens (tertiary/aromatic N) is 1. The van der Waals surface area contributed by atoms with E-state index in [1.165, 1.54) is 30.2 Å². The maximum Gasteiger partial charge on any atom is 0.242 e. The van der Waals surface area contributed by atoms with E-state index in [9.17, 15) is 13.2 Å². The molecule has 0 saturated heterocycles. The molecule has 25 heavy (non-hydrogen) atoms. The van der Waals surface area contributed by atoms with Crippen LogP contribution in [0.1, 0.15) is 5.56 Å². The van der Waals surface area contributed by atoms with E-state index in [4.69, 9.17) is 0 Å². The Kier molecular flexibility index (Phi) is 7.06. The molecule has 5 nitrogen and oxygen atoms in total. The molecular formula is C17H19BrN2O3S2. The first kappa shape index (κ1) is 20.0.